The maximum absolute atomic E-state index is 12.0. The molecule has 0 spiro atoms. The first kappa shape index (κ1) is 17.7. The van der Waals surface area contributed by atoms with E-state index < -0.39 is 0 Å². The SMILES string of the molecule is CC(=O)Nc1cccc(Nc2nnc(SC(C)C(=O)NC3CC3)s2)c1. The van der Waals surface area contributed by atoms with Gasteiger partial charge in [0.05, 0.1) is 5.25 Å². The van der Waals surface area contributed by atoms with Crippen LogP contribution in [0.25, 0.3) is 0 Å². The number of hydrogen-bond donors (Lipinski definition) is 3. The third-order valence-corrected chi connectivity index (χ3v) is 5.43. The van der Waals surface area contributed by atoms with E-state index in [1.165, 1.54) is 30.0 Å². The van der Waals surface area contributed by atoms with Crippen LogP contribution in [0.3, 0.4) is 0 Å². The van der Waals surface area contributed by atoms with E-state index in [2.05, 4.69) is 26.1 Å². The smallest absolute Gasteiger partial charge is 0.233 e. The van der Waals surface area contributed by atoms with Gasteiger partial charge in [0.15, 0.2) is 4.34 Å². The summed E-state index contributed by atoms with van der Waals surface area (Å²) < 4.78 is 0.735. The molecule has 2 aromatic rings. The van der Waals surface area contributed by atoms with Crippen molar-refractivity contribution in [3.05, 3.63) is 24.3 Å². The Labute approximate surface area is 154 Å². The van der Waals surface area contributed by atoms with Crippen molar-refractivity contribution >= 4 is 51.4 Å². The molecule has 1 fully saturated rings. The standard InChI is InChI=1S/C16H19N5O2S2/c1-9(14(23)18-11-6-7-11)24-16-21-20-15(25-16)19-13-5-3-4-12(8-13)17-10(2)22/h3-5,8-9,11H,6-7H2,1-2H3,(H,17,22)(H,18,23)(H,19,20). The van der Waals surface area contributed by atoms with E-state index >= 15 is 0 Å². The van der Waals surface area contributed by atoms with E-state index in [1.54, 1.807) is 0 Å². The van der Waals surface area contributed by atoms with E-state index in [4.69, 9.17) is 0 Å². The molecule has 0 bridgehead atoms. The van der Waals surface area contributed by atoms with Crippen LogP contribution in [-0.2, 0) is 9.59 Å². The van der Waals surface area contributed by atoms with Crippen LogP contribution in [0.1, 0.15) is 26.7 Å². The van der Waals surface area contributed by atoms with Gasteiger partial charge in [-0.1, -0.05) is 29.2 Å². The summed E-state index contributed by atoms with van der Waals surface area (Å²) in [4.78, 5) is 23.1. The first-order chi connectivity index (χ1) is 12.0. The van der Waals surface area contributed by atoms with Crippen LogP contribution >= 0.6 is 23.1 Å². The molecule has 3 rings (SSSR count). The highest BCUT2D eigenvalue weighted by Crippen LogP contribution is 2.31. The fourth-order valence-corrected chi connectivity index (χ4v) is 3.99. The lowest BCUT2D eigenvalue weighted by molar-refractivity contribution is -0.120. The Balaban J connectivity index is 1.57. The van der Waals surface area contributed by atoms with E-state index in [-0.39, 0.29) is 17.1 Å². The van der Waals surface area contributed by atoms with Gasteiger partial charge in [0.25, 0.3) is 0 Å². The number of hydrogen-bond acceptors (Lipinski definition) is 7. The Morgan fingerprint density at radius 3 is 2.76 bits per heavy atom. The van der Waals surface area contributed by atoms with Gasteiger partial charge in [0.1, 0.15) is 0 Å². The quantitative estimate of drug-likeness (QED) is 0.642. The summed E-state index contributed by atoms with van der Waals surface area (Å²) in [6, 6.07) is 7.72. The third-order valence-electron chi connectivity index (χ3n) is 3.41. The number of amides is 2. The number of nitrogens with zero attached hydrogens (tertiary/aromatic N) is 2. The van der Waals surface area contributed by atoms with E-state index in [0.717, 1.165) is 22.9 Å². The zero-order valence-electron chi connectivity index (χ0n) is 13.9. The number of benzene rings is 1. The maximum Gasteiger partial charge on any atom is 0.233 e. The summed E-state index contributed by atoms with van der Waals surface area (Å²) in [6.45, 7) is 3.34. The molecule has 25 heavy (non-hydrogen) atoms. The van der Waals surface area contributed by atoms with Crippen LogP contribution in [0.15, 0.2) is 28.6 Å². The summed E-state index contributed by atoms with van der Waals surface area (Å²) in [7, 11) is 0. The number of nitrogens with one attached hydrogen (secondary N) is 3. The Morgan fingerprint density at radius 2 is 2.04 bits per heavy atom. The highest BCUT2D eigenvalue weighted by molar-refractivity contribution is 8.02. The lowest BCUT2D eigenvalue weighted by Crippen LogP contribution is -2.32. The van der Waals surface area contributed by atoms with Crippen LogP contribution in [0.2, 0.25) is 0 Å². The molecule has 1 atom stereocenters. The van der Waals surface area contributed by atoms with Crippen LogP contribution in [-0.4, -0.2) is 33.3 Å². The minimum atomic E-state index is -0.204. The number of anilines is 3. The van der Waals surface area contributed by atoms with Gasteiger partial charge >= 0.3 is 0 Å². The molecule has 1 unspecified atom stereocenters. The van der Waals surface area contributed by atoms with Crippen LogP contribution < -0.4 is 16.0 Å². The second-order valence-corrected chi connectivity index (χ2v) is 8.37. The van der Waals surface area contributed by atoms with Crippen molar-refractivity contribution < 1.29 is 9.59 Å². The monoisotopic (exact) mass is 377 g/mol. The van der Waals surface area contributed by atoms with Gasteiger partial charge in [0.2, 0.25) is 16.9 Å². The molecular formula is C16H19N5O2S2. The second-order valence-electron chi connectivity index (χ2n) is 5.80. The van der Waals surface area contributed by atoms with Crippen molar-refractivity contribution in [2.75, 3.05) is 10.6 Å². The lowest BCUT2D eigenvalue weighted by Gasteiger charge is -2.08. The molecule has 2 amide bonds. The summed E-state index contributed by atoms with van der Waals surface area (Å²) in [6.07, 6.45) is 2.15. The fraction of sp³-hybridized carbons (Fsp3) is 0.375. The molecule has 1 heterocycles. The molecule has 9 heteroatoms. The van der Waals surface area contributed by atoms with Gasteiger partial charge in [-0.15, -0.1) is 10.2 Å². The van der Waals surface area contributed by atoms with Crippen LogP contribution in [0, 0.1) is 0 Å². The number of rotatable bonds is 7. The Kier molecular flexibility index (Phi) is 5.54. The average Bonchev–Trinajstić information content (AvgIpc) is 3.26. The first-order valence-electron chi connectivity index (χ1n) is 7.95. The number of aromatic nitrogens is 2. The maximum atomic E-state index is 12.0. The Hall–Kier alpha value is -2.13. The van der Waals surface area contributed by atoms with E-state index in [9.17, 15) is 9.59 Å². The average molecular weight is 377 g/mol. The normalized spacial score (nSPS) is 14.6. The van der Waals surface area contributed by atoms with Crippen molar-refractivity contribution in [2.45, 2.75) is 42.3 Å². The predicted molar refractivity (Wildman–Crippen MR) is 100 cm³/mol. The van der Waals surface area contributed by atoms with Crippen molar-refractivity contribution in [2.24, 2.45) is 0 Å². The van der Waals surface area contributed by atoms with Crippen molar-refractivity contribution in [3.63, 3.8) is 0 Å². The summed E-state index contributed by atoms with van der Waals surface area (Å²) in [5.74, 6) is -0.0783. The summed E-state index contributed by atoms with van der Waals surface area (Å²) in [5, 5.41) is 17.5. The van der Waals surface area contributed by atoms with Crippen molar-refractivity contribution in [3.8, 4) is 0 Å². The fourth-order valence-electron chi connectivity index (χ4n) is 2.06. The molecule has 132 valence electrons. The molecule has 1 saturated carbocycles. The number of carbonyl (C=O) groups excluding carboxylic acids is 2. The molecule has 0 aliphatic heterocycles. The molecular weight excluding hydrogens is 358 g/mol. The van der Waals surface area contributed by atoms with Gasteiger partial charge in [0, 0.05) is 24.3 Å². The van der Waals surface area contributed by atoms with E-state index in [1.807, 2.05) is 31.2 Å². The molecule has 1 aliphatic rings. The lowest BCUT2D eigenvalue weighted by atomic mass is 10.3. The van der Waals surface area contributed by atoms with Crippen molar-refractivity contribution in [1.82, 2.24) is 15.5 Å². The van der Waals surface area contributed by atoms with E-state index in [0.29, 0.717) is 16.9 Å². The van der Waals surface area contributed by atoms with Crippen molar-refractivity contribution in [1.29, 1.82) is 0 Å². The van der Waals surface area contributed by atoms with Crippen LogP contribution in [0.4, 0.5) is 16.5 Å². The Morgan fingerprint density at radius 1 is 1.28 bits per heavy atom. The number of carbonyl (C=O) groups is 2. The zero-order valence-corrected chi connectivity index (χ0v) is 15.5. The summed E-state index contributed by atoms with van der Waals surface area (Å²) >= 11 is 2.79. The minimum Gasteiger partial charge on any atom is -0.352 e. The topological polar surface area (TPSA) is 96.0 Å². The zero-order chi connectivity index (χ0) is 17.8. The second kappa shape index (κ2) is 7.83. The van der Waals surface area contributed by atoms with Gasteiger partial charge < -0.3 is 16.0 Å². The molecule has 3 N–H and O–H groups in total. The minimum absolute atomic E-state index is 0.0419. The molecule has 1 aromatic heterocycles. The third kappa shape index (κ3) is 5.43. The van der Waals surface area contributed by atoms with Gasteiger partial charge in [-0.2, -0.15) is 0 Å². The highest BCUT2D eigenvalue weighted by Gasteiger charge is 2.26. The molecule has 7 nitrogen and oxygen atoms in total. The largest absolute Gasteiger partial charge is 0.352 e. The van der Waals surface area contributed by atoms with Gasteiger partial charge in [-0.3, -0.25) is 9.59 Å². The molecule has 0 saturated heterocycles. The van der Waals surface area contributed by atoms with Crippen LogP contribution in [0.5, 0.6) is 0 Å². The molecule has 0 radical (unpaired) electrons. The summed E-state index contributed by atoms with van der Waals surface area (Å²) in [5.41, 5.74) is 1.51. The first-order valence-corrected chi connectivity index (χ1v) is 9.64. The Bertz CT molecular complexity index is 775. The van der Waals surface area contributed by atoms with Gasteiger partial charge in [-0.05, 0) is 38.0 Å². The molecule has 1 aliphatic carbocycles. The van der Waals surface area contributed by atoms with Gasteiger partial charge in [-0.25, -0.2) is 0 Å². The predicted octanol–water partition coefficient (Wildman–Crippen LogP) is 3.00. The number of thioether (sulfide) groups is 1. The highest BCUT2D eigenvalue weighted by atomic mass is 32.2. The molecule has 1 aromatic carbocycles.